The molecular formula is C14H19NO2. The molecule has 3 heteroatoms. The maximum Gasteiger partial charge on any atom is 0.407 e. The minimum absolute atomic E-state index is 0.230. The van der Waals surface area contributed by atoms with Gasteiger partial charge in [0.2, 0.25) is 0 Å². The molecule has 0 spiro atoms. The Balaban J connectivity index is 1.23. The molecule has 0 aromatic heterocycles. The number of carbonyl (C=O) groups excluding carboxylic acids is 1. The zero-order chi connectivity index (χ0) is 11.7. The first-order valence-corrected chi connectivity index (χ1v) is 6.94. The summed E-state index contributed by atoms with van der Waals surface area (Å²) in [5, 5.41) is 3.02. The van der Waals surface area contributed by atoms with E-state index in [1.165, 1.54) is 0 Å². The first kappa shape index (κ1) is 9.23. The highest BCUT2D eigenvalue weighted by Gasteiger charge is 3.03. The Hall–Kier alpha value is -0.730. The first-order valence-electron chi connectivity index (χ1n) is 6.94. The number of ether oxygens (including phenoxy) is 1. The van der Waals surface area contributed by atoms with E-state index in [9.17, 15) is 4.79 Å². The van der Waals surface area contributed by atoms with Crippen molar-refractivity contribution in [1.82, 2.24) is 5.32 Å². The molecule has 6 fully saturated rings. The third-order valence-electron chi connectivity index (χ3n) is 6.62. The van der Waals surface area contributed by atoms with Crippen LogP contribution in [-0.2, 0) is 4.74 Å². The zero-order valence-electron chi connectivity index (χ0n) is 10.6. The van der Waals surface area contributed by atoms with Gasteiger partial charge in [-0.1, -0.05) is 0 Å². The number of hydrogen-bond donors (Lipinski definition) is 1. The van der Waals surface area contributed by atoms with Gasteiger partial charge in [0.05, 0.1) is 0 Å². The van der Waals surface area contributed by atoms with Crippen molar-refractivity contribution in [2.45, 2.75) is 26.4 Å². The number of nitrogens with one attached hydrogen (secondary N) is 1. The predicted octanol–water partition coefficient (Wildman–Crippen LogP) is 1.88. The van der Waals surface area contributed by atoms with Crippen LogP contribution >= 0.6 is 0 Å². The van der Waals surface area contributed by atoms with Crippen molar-refractivity contribution in [3.8, 4) is 0 Å². The van der Waals surface area contributed by atoms with E-state index in [4.69, 9.17) is 4.74 Å². The molecule has 0 saturated heterocycles. The number of alkyl carbamates (subject to hydrolysis) is 1. The van der Waals surface area contributed by atoms with Crippen LogP contribution in [0.2, 0.25) is 0 Å². The van der Waals surface area contributed by atoms with Gasteiger partial charge in [-0.25, -0.2) is 4.79 Å². The van der Waals surface area contributed by atoms with E-state index in [0.29, 0.717) is 5.41 Å². The second kappa shape index (κ2) is 2.12. The van der Waals surface area contributed by atoms with Crippen molar-refractivity contribution < 1.29 is 9.53 Å². The second-order valence-electron chi connectivity index (χ2n) is 7.85. The average Bonchev–Trinajstić information content (AvgIpc) is 2.25. The van der Waals surface area contributed by atoms with Crippen LogP contribution in [0.4, 0.5) is 4.79 Å². The van der Waals surface area contributed by atoms with Gasteiger partial charge in [0, 0.05) is 6.54 Å². The lowest BCUT2D eigenvalue weighted by atomic mass is 8.96. The highest BCUT2D eigenvalue weighted by atomic mass is 16.6. The molecule has 6 aliphatic carbocycles. The maximum atomic E-state index is 11.7. The molecule has 0 aromatic rings. The normalized spacial score (nSPS) is 61.9. The van der Waals surface area contributed by atoms with Crippen LogP contribution in [0.3, 0.4) is 0 Å². The van der Waals surface area contributed by atoms with E-state index in [2.05, 4.69) is 5.32 Å². The molecule has 3 nitrogen and oxygen atoms in total. The fourth-order valence-corrected chi connectivity index (χ4v) is 6.56. The smallest absolute Gasteiger partial charge is 0.407 e. The van der Waals surface area contributed by atoms with Crippen LogP contribution in [0.15, 0.2) is 0 Å². The van der Waals surface area contributed by atoms with Gasteiger partial charge in [0.1, 0.15) is 5.60 Å². The molecule has 0 atom stereocenters. The fraction of sp³-hybridized carbons (Fsp3) is 0.929. The molecule has 6 rings (SSSR count). The quantitative estimate of drug-likeness (QED) is 0.791. The van der Waals surface area contributed by atoms with Gasteiger partial charge in [-0.05, 0) is 67.6 Å². The van der Waals surface area contributed by atoms with Gasteiger partial charge < -0.3 is 10.1 Å². The van der Waals surface area contributed by atoms with Crippen LogP contribution in [-0.4, -0.2) is 18.2 Å². The van der Waals surface area contributed by atoms with E-state index in [-0.39, 0.29) is 11.7 Å². The molecule has 0 radical (unpaired) electrons. The SMILES string of the molecule is CC(C)(C)OC(=O)NCC12C3C4C5C3C1C5C42. The Labute approximate surface area is 101 Å². The van der Waals surface area contributed by atoms with Crippen LogP contribution in [0.5, 0.6) is 0 Å². The van der Waals surface area contributed by atoms with E-state index in [0.717, 1.165) is 48.0 Å². The lowest BCUT2D eigenvalue weighted by Crippen LogP contribution is -3.06. The molecule has 0 bridgehead atoms. The largest absolute Gasteiger partial charge is 0.444 e. The number of rotatable bonds is 2. The van der Waals surface area contributed by atoms with Crippen molar-refractivity contribution in [3.05, 3.63) is 0 Å². The van der Waals surface area contributed by atoms with Crippen LogP contribution < -0.4 is 5.32 Å². The fourth-order valence-electron chi connectivity index (χ4n) is 6.56. The zero-order valence-corrected chi connectivity index (χ0v) is 10.6. The Bertz CT molecular complexity index is 399. The summed E-state index contributed by atoms with van der Waals surface area (Å²) in [5.74, 6) is 7.44. The molecule has 6 saturated carbocycles. The standard InChI is InChI=1S/C14H19NO2/c1-13(2,3)17-12(16)15-4-14-9-6-5-7(9)11(14)8(5)10(6)14/h5-11H,4H2,1-3H3,(H,15,16). The molecule has 92 valence electrons. The van der Waals surface area contributed by atoms with Crippen LogP contribution in [0.25, 0.3) is 0 Å². The van der Waals surface area contributed by atoms with Crippen molar-refractivity contribution in [2.24, 2.45) is 46.8 Å². The van der Waals surface area contributed by atoms with Gasteiger partial charge in [-0.15, -0.1) is 0 Å². The van der Waals surface area contributed by atoms with Gasteiger partial charge in [0.15, 0.2) is 0 Å². The highest BCUT2D eigenvalue weighted by molar-refractivity contribution is 5.68. The molecule has 1 N–H and O–H groups in total. The molecule has 0 aromatic carbocycles. The molecule has 17 heavy (non-hydrogen) atoms. The van der Waals surface area contributed by atoms with Crippen molar-refractivity contribution >= 4 is 6.09 Å². The third-order valence-corrected chi connectivity index (χ3v) is 6.62. The molecule has 1 amide bonds. The van der Waals surface area contributed by atoms with Crippen molar-refractivity contribution in [2.75, 3.05) is 6.54 Å². The molecule has 6 aliphatic rings. The molecule has 0 unspecified atom stereocenters. The number of hydrogen-bond acceptors (Lipinski definition) is 2. The molecule has 0 heterocycles. The van der Waals surface area contributed by atoms with E-state index in [1.54, 1.807) is 0 Å². The minimum Gasteiger partial charge on any atom is -0.444 e. The lowest BCUT2D eigenvalue weighted by Gasteiger charge is -3.07. The van der Waals surface area contributed by atoms with E-state index in [1.807, 2.05) is 20.8 Å². The predicted molar refractivity (Wildman–Crippen MR) is 61.1 cm³/mol. The first-order chi connectivity index (χ1) is 7.97. The third kappa shape index (κ3) is 0.651. The summed E-state index contributed by atoms with van der Waals surface area (Å²) in [6.45, 7) is 6.63. The maximum absolute atomic E-state index is 11.7. The van der Waals surface area contributed by atoms with Gasteiger partial charge in [-0.3, -0.25) is 0 Å². The minimum atomic E-state index is -0.379. The average molecular weight is 233 g/mol. The summed E-state index contributed by atoms with van der Waals surface area (Å²) < 4.78 is 5.31. The lowest BCUT2D eigenvalue weighted by molar-refractivity contribution is -0.612. The highest BCUT2D eigenvalue weighted by Crippen LogP contribution is 3.05. The van der Waals surface area contributed by atoms with Gasteiger partial charge in [-0.2, -0.15) is 0 Å². The Morgan fingerprint density at radius 2 is 1.65 bits per heavy atom. The summed E-state index contributed by atoms with van der Waals surface area (Å²) >= 11 is 0. The second-order valence-corrected chi connectivity index (χ2v) is 7.85. The van der Waals surface area contributed by atoms with E-state index < -0.39 is 0 Å². The van der Waals surface area contributed by atoms with Crippen molar-refractivity contribution in [1.29, 1.82) is 0 Å². The van der Waals surface area contributed by atoms with Gasteiger partial charge >= 0.3 is 6.09 Å². The molecule has 0 aliphatic heterocycles. The van der Waals surface area contributed by atoms with Crippen molar-refractivity contribution in [3.63, 3.8) is 0 Å². The van der Waals surface area contributed by atoms with Crippen LogP contribution in [0.1, 0.15) is 20.8 Å². The van der Waals surface area contributed by atoms with Gasteiger partial charge in [0.25, 0.3) is 0 Å². The van der Waals surface area contributed by atoms with E-state index >= 15 is 0 Å². The summed E-state index contributed by atoms with van der Waals surface area (Å²) in [5.41, 5.74) is 0.182. The Kier molecular flexibility index (Phi) is 1.15. The monoisotopic (exact) mass is 233 g/mol. The summed E-state index contributed by atoms with van der Waals surface area (Å²) in [6.07, 6.45) is -0.230. The molecular weight excluding hydrogens is 214 g/mol. The number of carbonyl (C=O) groups is 1. The van der Waals surface area contributed by atoms with Crippen LogP contribution in [0, 0.1) is 46.8 Å². The Morgan fingerprint density at radius 3 is 2.12 bits per heavy atom. The summed E-state index contributed by atoms with van der Waals surface area (Å²) in [4.78, 5) is 11.7. The Morgan fingerprint density at radius 1 is 1.12 bits per heavy atom. The number of amides is 1. The summed E-state index contributed by atoms with van der Waals surface area (Å²) in [7, 11) is 0. The topological polar surface area (TPSA) is 38.3 Å². The summed E-state index contributed by atoms with van der Waals surface area (Å²) in [6, 6.07) is 0.